The van der Waals surface area contributed by atoms with Crippen LogP contribution < -0.4 is 14.8 Å². The van der Waals surface area contributed by atoms with Crippen molar-refractivity contribution < 1.29 is 14.3 Å². The monoisotopic (exact) mass is 292 g/mol. The van der Waals surface area contributed by atoms with Gasteiger partial charge in [0.15, 0.2) is 17.3 Å². The maximum absolute atomic E-state index is 12.1. The Bertz CT molecular complexity index is 482. The normalized spacial score (nSPS) is 16.7. The van der Waals surface area contributed by atoms with Crippen LogP contribution >= 0.6 is 0 Å². The Kier molecular flexibility index (Phi) is 5.59. The highest BCUT2D eigenvalue weighted by Gasteiger charge is 2.22. The third-order valence-electron chi connectivity index (χ3n) is 3.78. The summed E-state index contributed by atoms with van der Waals surface area (Å²) in [6.07, 6.45) is 2.17. The van der Waals surface area contributed by atoms with Gasteiger partial charge in [-0.2, -0.15) is 0 Å². The lowest BCUT2D eigenvalue weighted by Crippen LogP contribution is -2.35. The van der Waals surface area contributed by atoms with Crippen LogP contribution in [-0.4, -0.2) is 57.6 Å². The molecule has 1 heterocycles. The first kappa shape index (κ1) is 15.8. The number of ether oxygens (including phenoxy) is 2. The smallest absolute Gasteiger partial charge is 0.180 e. The van der Waals surface area contributed by atoms with Crippen molar-refractivity contribution in [2.75, 3.05) is 40.8 Å². The van der Waals surface area contributed by atoms with E-state index in [4.69, 9.17) is 9.47 Å². The summed E-state index contributed by atoms with van der Waals surface area (Å²) < 4.78 is 11.5. The fourth-order valence-corrected chi connectivity index (χ4v) is 2.58. The molecule has 0 unspecified atom stereocenters. The van der Waals surface area contributed by atoms with Crippen molar-refractivity contribution in [1.82, 2.24) is 10.2 Å². The van der Waals surface area contributed by atoms with Crippen molar-refractivity contribution in [3.05, 3.63) is 23.8 Å². The third-order valence-corrected chi connectivity index (χ3v) is 3.78. The van der Waals surface area contributed by atoms with E-state index in [1.807, 2.05) is 12.1 Å². The molecule has 1 fully saturated rings. The number of rotatable bonds is 6. The van der Waals surface area contributed by atoms with E-state index in [0.29, 0.717) is 17.1 Å². The Hall–Kier alpha value is -1.59. The third kappa shape index (κ3) is 3.95. The molecule has 5 heteroatoms. The number of Topliss-reactive ketones (excluding diaryl/α,β-unsaturated/α-hetero) is 1. The quantitative estimate of drug-likeness (QED) is 0.807. The molecule has 21 heavy (non-hydrogen) atoms. The molecule has 2 rings (SSSR count). The van der Waals surface area contributed by atoms with E-state index in [2.05, 4.69) is 17.3 Å². The van der Waals surface area contributed by atoms with Crippen LogP contribution in [0.15, 0.2) is 18.2 Å². The zero-order valence-corrected chi connectivity index (χ0v) is 13.0. The van der Waals surface area contributed by atoms with Gasteiger partial charge in [-0.3, -0.25) is 4.79 Å². The molecular weight excluding hydrogens is 268 g/mol. The van der Waals surface area contributed by atoms with Crippen LogP contribution in [0, 0.1) is 0 Å². The SMILES string of the molecule is CNCC(=O)c1cccc(OC2CCN(C)CC2)c1OC. The number of nitrogens with one attached hydrogen (secondary N) is 1. The maximum atomic E-state index is 12.1. The first-order valence-corrected chi connectivity index (χ1v) is 7.35. The fraction of sp³-hybridized carbons (Fsp3) is 0.562. The molecule has 116 valence electrons. The summed E-state index contributed by atoms with van der Waals surface area (Å²) in [4.78, 5) is 14.4. The second-order valence-electron chi connectivity index (χ2n) is 5.41. The number of carbonyl (C=O) groups is 1. The number of nitrogens with zero attached hydrogens (tertiary/aromatic N) is 1. The number of benzene rings is 1. The highest BCUT2D eigenvalue weighted by Crippen LogP contribution is 2.33. The van der Waals surface area contributed by atoms with Crippen LogP contribution in [0.1, 0.15) is 23.2 Å². The molecule has 1 saturated heterocycles. The van der Waals surface area contributed by atoms with Crippen LogP contribution in [0.4, 0.5) is 0 Å². The van der Waals surface area contributed by atoms with E-state index >= 15 is 0 Å². The summed E-state index contributed by atoms with van der Waals surface area (Å²) in [5.74, 6) is 1.20. The standard InChI is InChI=1S/C16H24N2O3/c1-17-11-14(19)13-5-4-6-15(16(13)20-3)21-12-7-9-18(2)10-8-12/h4-6,12,17H,7-11H2,1-3H3. The van der Waals surface area contributed by atoms with Gasteiger partial charge in [-0.25, -0.2) is 0 Å². The van der Waals surface area contributed by atoms with Crippen molar-refractivity contribution in [3.8, 4) is 11.5 Å². The zero-order chi connectivity index (χ0) is 15.2. The van der Waals surface area contributed by atoms with E-state index in [-0.39, 0.29) is 18.4 Å². The molecule has 0 bridgehead atoms. The molecule has 1 aliphatic heterocycles. The number of likely N-dealkylation sites (N-methyl/N-ethyl adjacent to an activating group) is 1. The van der Waals surface area contributed by atoms with Crippen molar-refractivity contribution in [2.45, 2.75) is 18.9 Å². The number of hydrogen-bond acceptors (Lipinski definition) is 5. The van der Waals surface area contributed by atoms with Gasteiger partial charge in [0.1, 0.15) is 6.10 Å². The van der Waals surface area contributed by atoms with Crippen molar-refractivity contribution in [2.24, 2.45) is 0 Å². The lowest BCUT2D eigenvalue weighted by molar-refractivity contribution is 0.0981. The van der Waals surface area contributed by atoms with Crippen molar-refractivity contribution in [3.63, 3.8) is 0 Å². The van der Waals surface area contributed by atoms with Crippen LogP contribution in [0.3, 0.4) is 0 Å². The maximum Gasteiger partial charge on any atom is 0.180 e. The number of para-hydroxylation sites is 1. The molecule has 1 aromatic rings. The lowest BCUT2D eigenvalue weighted by Gasteiger charge is -2.29. The van der Waals surface area contributed by atoms with E-state index in [9.17, 15) is 4.79 Å². The Morgan fingerprint density at radius 2 is 2.10 bits per heavy atom. The van der Waals surface area contributed by atoms with E-state index in [1.165, 1.54) is 0 Å². The Morgan fingerprint density at radius 1 is 1.38 bits per heavy atom. The molecule has 1 aromatic carbocycles. The minimum atomic E-state index is 0.00294. The highest BCUT2D eigenvalue weighted by molar-refractivity contribution is 6.00. The molecule has 0 spiro atoms. The molecule has 5 nitrogen and oxygen atoms in total. The lowest BCUT2D eigenvalue weighted by atomic mass is 10.1. The van der Waals surface area contributed by atoms with Gasteiger partial charge in [0, 0.05) is 13.1 Å². The van der Waals surface area contributed by atoms with E-state index in [1.54, 1.807) is 20.2 Å². The highest BCUT2D eigenvalue weighted by atomic mass is 16.5. The van der Waals surface area contributed by atoms with Crippen LogP contribution in [0.25, 0.3) is 0 Å². The van der Waals surface area contributed by atoms with E-state index < -0.39 is 0 Å². The zero-order valence-electron chi connectivity index (χ0n) is 13.0. The van der Waals surface area contributed by atoms with Gasteiger partial charge >= 0.3 is 0 Å². The molecule has 0 amide bonds. The molecule has 0 radical (unpaired) electrons. The van der Waals surface area contributed by atoms with Gasteiger partial charge in [0.25, 0.3) is 0 Å². The number of methoxy groups -OCH3 is 1. The molecule has 1 aliphatic rings. The summed E-state index contributed by atoms with van der Waals surface area (Å²) >= 11 is 0. The largest absolute Gasteiger partial charge is 0.492 e. The average Bonchev–Trinajstić information content (AvgIpc) is 2.49. The molecule has 0 atom stereocenters. The fourth-order valence-electron chi connectivity index (χ4n) is 2.58. The molecular formula is C16H24N2O3. The number of ketones is 1. The van der Waals surface area contributed by atoms with Gasteiger partial charge in [0.05, 0.1) is 19.2 Å². The predicted octanol–water partition coefficient (Wildman–Crippen LogP) is 1.57. The van der Waals surface area contributed by atoms with Crippen molar-refractivity contribution in [1.29, 1.82) is 0 Å². The van der Waals surface area contributed by atoms with E-state index in [0.717, 1.165) is 25.9 Å². The Balaban J connectivity index is 2.15. The Morgan fingerprint density at radius 3 is 2.71 bits per heavy atom. The van der Waals surface area contributed by atoms with Crippen LogP contribution in [0.2, 0.25) is 0 Å². The Labute approximate surface area is 126 Å². The van der Waals surface area contributed by atoms with Gasteiger partial charge in [-0.1, -0.05) is 6.07 Å². The average molecular weight is 292 g/mol. The minimum Gasteiger partial charge on any atom is -0.492 e. The second kappa shape index (κ2) is 7.43. The van der Waals surface area contributed by atoms with Crippen LogP contribution in [-0.2, 0) is 0 Å². The number of hydrogen-bond donors (Lipinski definition) is 1. The molecule has 0 saturated carbocycles. The van der Waals surface area contributed by atoms with Crippen LogP contribution in [0.5, 0.6) is 11.5 Å². The number of piperidine rings is 1. The molecule has 0 aromatic heterocycles. The molecule has 1 N–H and O–H groups in total. The van der Waals surface area contributed by atoms with Gasteiger partial charge in [-0.05, 0) is 39.1 Å². The van der Waals surface area contributed by atoms with Gasteiger partial charge < -0.3 is 19.7 Å². The summed E-state index contributed by atoms with van der Waals surface area (Å²) in [7, 11) is 5.45. The topological polar surface area (TPSA) is 50.8 Å². The molecule has 0 aliphatic carbocycles. The van der Waals surface area contributed by atoms with Gasteiger partial charge in [0.2, 0.25) is 0 Å². The number of likely N-dealkylation sites (tertiary alicyclic amines) is 1. The second-order valence-corrected chi connectivity index (χ2v) is 5.41. The summed E-state index contributed by atoms with van der Waals surface area (Å²) in [6, 6.07) is 5.49. The first-order chi connectivity index (χ1) is 10.2. The summed E-state index contributed by atoms with van der Waals surface area (Å²) in [5.41, 5.74) is 0.567. The summed E-state index contributed by atoms with van der Waals surface area (Å²) in [5, 5.41) is 2.87. The number of carbonyl (C=O) groups excluding carboxylic acids is 1. The minimum absolute atomic E-state index is 0.00294. The first-order valence-electron chi connectivity index (χ1n) is 7.35. The van der Waals surface area contributed by atoms with Crippen molar-refractivity contribution >= 4 is 5.78 Å². The van der Waals surface area contributed by atoms with Gasteiger partial charge in [-0.15, -0.1) is 0 Å². The predicted molar refractivity (Wildman–Crippen MR) is 82.4 cm³/mol. The summed E-state index contributed by atoms with van der Waals surface area (Å²) in [6.45, 7) is 2.35.